The van der Waals surface area contributed by atoms with E-state index < -0.39 is 0 Å². The molecule has 0 fully saturated rings. The van der Waals surface area contributed by atoms with Crippen LogP contribution in [-0.4, -0.2) is 15.1 Å². The number of hydrogen-bond donors (Lipinski definition) is 0. The molecule has 0 amide bonds. The first-order valence-electron chi connectivity index (χ1n) is 8.91. The van der Waals surface area contributed by atoms with Crippen molar-refractivity contribution >= 4 is 17.4 Å². The molecule has 0 N–H and O–H groups in total. The summed E-state index contributed by atoms with van der Waals surface area (Å²) >= 11 is 6.07. The van der Waals surface area contributed by atoms with Crippen LogP contribution in [0.15, 0.2) is 77.6 Å². The number of aromatic nitrogens is 2. The summed E-state index contributed by atoms with van der Waals surface area (Å²) in [6.07, 6.45) is 0. The fourth-order valence-corrected chi connectivity index (χ4v) is 3.85. The van der Waals surface area contributed by atoms with Gasteiger partial charge in [-0.05, 0) is 43.3 Å². The number of carbonyl (C=O) groups is 1. The van der Waals surface area contributed by atoms with Crippen molar-refractivity contribution in [2.75, 3.05) is 0 Å². The highest BCUT2D eigenvalue weighted by Gasteiger charge is 2.36. The quantitative estimate of drug-likeness (QED) is 0.437. The lowest BCUT2D eigenvalue weighted by Gasteiger charge is -2.15. The van der Waals surface area contributed by atoms with E-state index >= 15 is 0 Å². The molecule has 1 aliphatic carbocycles. The van der Waals surface area contributed by atoms with Crippen LogP contribution >= 0.6 is 11.6 Å². The number of nitrogens with zero attached hydrogens (tertiary/aromatic N) is 2. The molecule has 4 nitrogen and oxygen atoms in total. The van der Waals surface area contributed by atoms with Gasteiger partial charge < -0.3 is 0 Å². The molecule has 0 atom stereocenters. The Labute approximate surface area is 166 Å². The Kier molecular flexibility index (Phi) is 3.64. The number of fused-ring (bicyclic) bond motifs is 3. The molecule has 0 spiro atoms. The Morgan fingerprint density at radius 1 is 0.714 bits per heavy atom. The van der Waals surface area contributed by atoms with E-state index in [1.54, 1.807) is 22.9 Å². The van der Waals surface area contributed by atoms with E-state index in [9.17, 15) is 9.59 Å². The van der Waals surface area contributed by atoms with Gasteiger partial charge in [0.15, 0.2) is 0 Å². The summed E-state index contributed by atoms with van der Waals surface area (Å²) in [7, 11) is 0. The van der Waals surface area contributed by atoms with Crippen LogP contribution in [0.2, 0.25) is 5.02 Å². The molecule has 1 heterocycles. The van der Waals surface area contributed by atoms with Crippen LogP contribution < -0.4 is 5.56 Å². The van der Waals surface area contributed by atoms with Crippen molar-refractivity contribution < 1.29 is 4.79 Å². The summed E-state index contributed by atoms with van der Waals surface area (Å²) in [6.45, 7) is 1.99. The predicted octanol–water partition coefficient (Wildman–Crippen LogP) is 4.80. The Balaban J connectivity index is 1.91. The highest BCUT2D eigenvalue weighted by Crippen LogP contribution is 2.37. The van der Waals surface area contributed by atoms with Gasteiger partial charge in [-0.2, -0.15) is 0 Å². The van der Waals surface area contributed by atoms with E-state index in [0.29, 0.717) is 22.0 Å². The van der Waals surface area contributed by atoms with Crippen LogP contribution in [0.1, 0.15) is 21.5 Å². The topological polar surface area (TPSA) is 44.0 Å². The van der Waals surface area contributed by atoms with E-state index in [0.717, 1.165) is 16.8 Å². The zero-order valence-electron chi connectivity index (χ0n) is 15.0. The monoisotopic (exact) mass is 386 g/mol. The molecule has 1 aromatic heterocycles. The van der Waals surface area contributed by atoms with Crippen molar-refractivity contribution in [3.05, 3.63) is 105 Å². The third-order valence-corrected chi connectivity index (χ3v) is 5.31. The standard InChI is InChI=1S/C23H15ClN2O2/c1-14-6-10-17(11-7-14)26-23(28)20-21(18-4-2-3-5-19(18)22(20)27)25(26)16-12-8-15(24)9-13-16/h2-13H,1H3. The number of halogens is 1. The van der Waals surface area contributed by atoms with Crippen LogP contribution in [0, 0.1) is 6.92 Å². The molecule has 3 aromatic carbocycles. The summed E-state index contributed by atoms with van der Waals surface area (Å²) < 4.78 is 3.36. The van der Waals surface area contributed by atoms with Crippen molar-refractivity contribution in [3.8, 4) is 22.6 Å². The van der Waals surface area contributed by atoms with Gasteiger partial charge in [-0.25, -0.2) is 9.36 Å². The molecule has 0 aliphatic heterocycles. The van der Waals surface area contributed by atoms with Crippen molar-refractivity contribution in [2.24, 2.45) is 0 Å². The SMILES string of the molecule is Cc1ccc(-n2c(=O)c3c(n2-c2ccc(Cl)cc2)-c2ccccc2C3=O)cc1. The lowest BCUT2D eigenvalue weighted by atomic mass is 10.1. The Hall–Kier alpha value is -3.37. The van der Waals surface area contributed by atoms with Gasteiger partial charge in [-0.15, -0.1) is 0 Å². The number of hydrogen-bond acceptors (Lipinski definition) is 2. The van der Waals surface area contributed by atoms with Crippen LogP contribution in [0.25, 0.3) is 22.6 Å². The molecule has 0 saturated heterocycles. The molecular weight excluding hydrogens is 372 g/mol. The van der Waals surface area contributed by atoms with Gasteiger partial charge in [-0.1, -0.05) is 53.6 Å². The van der Waals surface area contributed by atoms with Gasteiger partial charge in [0.05, 0.1) is 17.1 Å². The first-order valence-corrected chi connectivity index (χ1v) is 9.29. The maximum atomic E-state index is 13.4. The van der Waals surface area contributed by atoms with Crippen LogP contribution in [0.4, 0.5) is 0 Å². The number of benzene rings is 3. The highest BCUT2D eigenvalue weighted by atomic mass is 35.5. The average molecular weight is 387 g/mol. The summed E-state index contributed by atoms with van der Waals surface area (Å²) in [6, 6.07) is 22.2. The maximum absolute atomic E-state index is 13.4. The normalized spacial score (nSPS) is 12.1. The zero-order chi connectivity index (χ0) is 19.4. The van der Waals surface area contributed by atoms with Crippen LogP contribution in [-0.2, 0) is 0 Å². The smallest absolute Gasteiger partial charge is 0.283 e. The fourth-order valence-electron chi connectivity index (χ4n) is 3.73. The minimum atomic E-state index is -0.324. The number of carbonyl (C=O) groups excluding carboxylic acids is 1. The van der Waals surface area contributed by atoms with Gasteiger partial charge >= 0.3 is 0 Å². The largest absolute Gasteiger partial charge is 0.288 e. The second-order valence-corrected chi connectivity index (χ2v) is 7.28. The Bertz CT molecular complexity index is 1300. The molecule has 28 heavy (non-hydrogen) atoms. The summed E-state index contributed by atoms with van der Waals surface area (Å²) in [5.74, 6) is -0.232. The highest BCUT2D eigenvalue weighted by molar-refractivity contribution is 6.30. The van der Waals surface area contributed by atoms with Gasteiger partial charge in [-0.3, -0.25) is 9.59 Å². The molecule has 0 unspecified atom stereocenters. The van der Waals surface area contributed by atoms with Crippen LogP contribution in [0.5, 0.6) is 0 Å². The first-order chi connectivity index (χ1) is 13.6. The van der Waals surface area contributed by atoms with Gasteiger partial charge in [0.25, 0.3) is 5.56 Å². The van der Waals surface area contributed by atoms with Gasteiger partial charge in [0, 0.05) is 16.1 Å². The molecule has 136 valence electrons. The van der Waals surface area contributed by atoms with E-state index in [2.05, 4.69) is 0 Å². The Morgan fingerprint density at radius 3 is 1.96 bits per heavy atom. The lowest BCUT2D eigenvalue weighted by Crippen LogP contribution is -2.23. The minimum absolute atomic E-state index is 0.205. The molecule has 5 rings (SSSR count). The van der Waals surface area contributed by atoms with Crippen LogP contribution in [0.3, 0.4) is 0 Å². The second kappa shape index (κ2) is 6.08. The third kappa shape index (κ3) is 2.31. The second-order valence-electron chi connectivity index (χ2n) is 6.84. The van der Waals surface area contributed by atoms with Crippen molar-refractivity contribution in [1.29, 1.82) is 0 Å². The van der Waals surface area contributed by atoms with E-state index in [-0.39, 0.29) is 16.9 Å². The lowest BCUT2D eigenvalue weighted by molar-refractivity contribution is 0.104. The molecule has 0 bridgehead atoms. The summed E-state index contributed by atoms with van der Waals surface area (Å²) in [5.41, 5.74) is 4.37. The van der Waals surface area contributed by atoms with Crippen molar-refractivity contribution in [2.45, 2.75) is 6.92 Å². The van der Waals surface area contributed by atoms with Gasteiger partial charge in [0.2, 0.25) is 5.78 Å². The minimum Gasteiger partial charge on any atom is -0.288 e. The number of rotatable bonds is 2. The first kappa shape index (κ1) is 16.8. The molecule has 1 aliphatic rings. The number of ketones is 1. The Morgan fingerprint density at radius 2 is 1.29 bits per heavy atom. The van der Waals surface area contributed by atoms with Crippen molar-refractivity contribution in [3.63, 3.8) is 0 Å². The molecule has 0 radical (unpaired) electrons. The average Bonchev–Trinajstić information content (AvgIpc) is 3.17. The summed E-state index contributed by atoms with van der Waals surface area (Å²) in [5, 5.41) is 0.605. The summed E-state index contributed by atoms with van der Waals surface area (Å²) in [4.78, 5) is 26.4. The van der Waals surface area contributed by atoms with E-state index in [4.69, 9.17) is 11.6 Å². The predicted molar refractivity (Wildman–Crippen MR) is 110 cm³/mol. The number of aryl methyl sites for hydroxylation is 1. The van der Waals surface area contributed by atoms with Crippen molar-refractivity contribution in [1.82, 2.24) is 9.36 Å². The molecule has 0 saturated carbocycles. The molecule has 5 heteroatoms. The third-order valence-electron chi connectivity index (χ3n) is 5.06. The molecule has 4 aromatic rings. The molecular formula is C23H15ClN2O2. The van der Waals surface area contributed by atoms with E-state index in [1.165, 1.54) is 0 Å². The maximum Gasteiger partial charge on any atom is 0.283 e. The zero-order valence-corrected chi connectivity index (χ0v) is 15.8. The fraction of sp³-hybridized carbons (Fsp3) is 0.0435. The van der Waals surface area contributed by atoms with E-state index in [1.807, 2.05) is 66.2 Å². The van der Waals surface area contributed by atoms with Gasteiger partial charge in [0.1, 0.15) is 5.56 Å².